The molecule has 0 radical (unpaired) electrons. The summed E-state index contributed by atoms with van der Waals surface area (Å²) in [5.41, 5.74) is 2.32. The van der Waals surface area contributed by atoms with Gasteiger partial charge < -0.3 is 14.7 Å². The maximum absolute atomic E-state index is 13.0. The van der Waals surface area contributed by atoms with Crippen molar-refractivity contribution in [1.29, 1.82) is 0 Å². The summed E-state index contributed by atoms with van der Waals surface area (Å²) < 4.78 is 5.29. The Balaban J connectivity index is 1.56. The lowest BCUT2D eigenvalue weighted by Crippen LogP contribution is -2.44. The highest BCUT2D eigenvalue weighted by Gasteiger charge is 2.46. The van der Waals surface area contributed by atoms with Crippen LogP contribution in [0.2, 0.25) is 0 Å². The van der Waals surface area contributed by atoms with E-state index in [0.717, 1.165) is 16.8 Å². The predicted molar refractivity (Wildman–Crippen MR) is 121 cm³/mol. The summed E-state index contributed by atoms with van der Waals surface area (Å²) in [4.78, 5) is 28.9. The van der Waals surface area contributed by atoms with Crippen LogP contribution in [-0.4, -0.2) is 42.0 Å². The Morgan fingerprint density at radius 3 is 2.77 bits per heavy atom. The third kappa shape index (κ3) is 4.28. The monoisotopic (exact) mass is 437 g/mol. The summed E-state index contributed by atoms with van der Waals surface area (Å²) in [6, 6.07) is 14.1. The molecular weight excluding hydrogens is 410 g/mol. The van der Waals surface area contributed by atoms with E-state index in [1.54, 1.807) is 29.4 Å². The van der Waals surface area contributed by atoms with Crippen LogP contribution in [0.15, 0.2) is 52.4 Å². The van der Waals surface area contributed by atoms with E-state index in [1.165, 1.54) is 4.88 Å². The maximum atomic E-state index is 13.0. The van der Waals surface area contributed by atoms with Gasteiger partial charge in [0.1, 0.15) is 0 Å². The summed E-state index contributed by atoms with van der Waals surface area (Å²) in [6.07, 6.45) is 1.18. The molecule has 0 bridgehead atoms. The quantitative estimate of drug-likeness (QED) is 0.622. The molecule has 1 atom stereocenters. The molecule has 2 amide bonds. The molecule has 7 heteroatoms. The first-order valence-electron chi connectivity index (χ1n) is 10.5. The normalized spacial score (nSPS) is 18.5. The smallest absolute Gasteiger partial charge is 0.292 e. The Hall–Kier alpha value is -2.93. The van der Waals surface area contributed by atoms with Gasteiger partial charge in [-0.05, 0) is 41.3 Å². The van der Waals surface area contributed by atoms with Gasteiger partial charge in [0.05, 0.1) is 11.1 Å². The molecular formula is C24H27N3O3S. The van der Waals surface area contributed by atoms with Crippen molar-refractivity contribution in [2.45, 2.75) is 32.6 Å². The van der Waals surface area contributed by atoms with Gasteiger partial charge in [0, 0.05) is 31.1 Å². The molecule has 2 aromatic heterocycles. The van der Waals surface area contributed by atoms with E-state index in [1.807, 2.05) is 26.0 Å². The van der Waals surface area contributed by atoms with Crippen molar-refractivity contribution in [3.05, 3.63) is 64.9 Å². The summed E-state index contributed by atoms with van der Waals surface area (Å²) >= 11 is 1.69. The molecule has 0 spiro atoms. The third-order valence-corrected chi connectivity index (χ3v) is 6.87. The molecule has 3 aromatic rings. The highest BCUT2D eigenvalue weighted by atomic mass is 32.1. The molecule has 1 N–H and O–H groups in total. The van der Waals surface area contributed by atoms with Crippen molar-refractivity contribution in [3.63, 3.8) is 0 Å². The van der Waals surface area contributed by atoms with Crippen LogP contribution in [0, 0.1) is 5.41 Å². The van der Waals surface area contributed by atoms with Crippen molar-refractivity contribution in [2.24, 2.45) is 5.41 Å². The number of nitrogens with zero attached hydrogens (tertiary/aromatic N) is 2. The first kappa shape index (κ1) is 21.3. The molecule has 0 unspecified atom stereocenters. The number of carbonyl (C=O) groups is 2. The second kappa shape index (κ2) is 8.67. The fraction of sp³-hybridized carbons (Fsp3) is 0.375. The SMILES string of the molecule is CNC(=O)[C@]1(Cc2cccc(-c3cccs3)c2)CCN(C(=O)c2cc(C(C)C)no2)C1. The molecule has 1 aliphatic heterocycles. The highest BCUT2D eigenvalue weighted by Crippen LogP contribution is 2.36. The Labute approximate surface area is 186 Å². The number of nitrogens with one attached hydrogen (secondary N) is 1. The minimum atomic E-state index is -0.667. The van der Waals surface area contributed by atoms with Crippen molar-refractivity contribution in [1.82, 2.24) is 15.4 Å². The van der Waals surface area contributed by atoms with E-state index >= 15 is 0 Å². The molecule has 1 aromatic carbocycles. The van der Waals surface area contributed by atoms with Gasteiger partial charge in [-0.2, -0.15) is 0 Å². The van der Waals surface area contributed by atoms with E-state index in [-0.39, 0.29) is 23.5 Å². The molecule has 6 nitrogen and oxygen atoms in total. The summed E-state index contributed by atoms with van der Waals surface area (Å²) in [5.74, 6) is 0.169. The molecule has 0 saturated carbocycles. The summed E-state index contributed by atoms with van der Waals surface area (Å²) in [6.45, 7) is 4.87. The van der Waals surface area contributed by atoms with Gasteiger partial charge in [-0.1, -0.05) is 49.3 Å². The first-order valence-corrected chi connectivity index (χ1v) is 11.4. The third-order valence-electron chi connectivity index (χ3n) is 5.96. The number of aromatic nitrogens is 1. The van der Waals surface area contributed by atoms with Crippen LogP contribution in [0.25, 0.3) is 10.4 Å². The lowest BCUT2D eigenvalue weighted by molar-refractivity contribution is -0.129. The fourth-order valence-corrected chi connectivity index (χ4v) is 4.93. The number of hydrogen-bond donors (Lipinski definition) is 1. The molecule has 0 aliphatic carbocycles. The number of likely N-dealkylation sites (tertiary alicyclic amines) is 1. The number of thiophene rings is 1. The Kier molecular flexibility index (Phi) is 5.96. The van der Waals surface area contributed by atoms with E-state index in [0.29, 0.717) is 25.9 Å². The van der Waals surface area contributed by atoms with E-state index in [9.17, 15) is 9.59 Å². The van der Waals surface area contributed by atoms with Gasteiger partial charge in [-0.3, -0.25) is 9.59 Å². The average molecular weight is 438 g/mol. The first-order chi connectivity index (χ1) is 14.9. The number of amides is 2. The second-order valence-electron chi connectivity index (χ2n) is 8.46. The van der Waals surface area contributed by atoms with Gasteiger partial charge in [0.25, 0.3) is 5.91 Å². The lowest BCUT2D eigenvalue weighted by atomic mass is 9.79. The van der Waals surface area contributed by atoms with Crippen LogP contribution >= 0.6 is 11.3 Å². The zero-order chi connectivity index (χ0) is 22.0. The maximum Gasteiger partial charge on any atom is 0.292 e. The molecule has 31 heavy (non-hydrogen) atoms. The van der Waals surface area contributed by atoms with Gasteiger partial charge in [-0.15, -0.1) is 11.3 Å². The van der Waals surface area contributed by atoms with Crippen molar-refractivity contribution in [3.8, 4) is 10.4 Å². The van der Waals surface area contributed by atoms with Gasteiger partial charge in [0.15, 0.2) is 0 Å². The highest BCUT2D eigenvalue weighted by molar-refractivity contribution is 7.13. The van der Waals surface area contributed by atoms with Gasteiger partial charge in [-0.25, -0.2) is 0 Å². The summed E-state index contributed by atoms with van der Waals surface area (Å²) in [7, 11) is 1.65. The molecule has 1 aliphatic rings. The number of rotatable bonds is 6. The average Bonchev–Trinajstić information content (AvgIpc) is 3.54. The standard InChI is InChI=1S/C24H27N3O3S/c1-16(2)19-13-20(30-26-19)22(28)27-10-9-24(15-27,23(29)25-3)14-17-6-4-7-18(12-17)21-8-5-11-31-21/h4-8,11-13,16H,9-10,14-15H2,1-3H3,(H,25,29)/t24-/m0/s1. The van der Waals surface area contributed by atoms with Crippen molar-refractivity contribution in [2.75, 3.05) is 20.1 Å². The Bertz CT molecular complexity index is 1070. The number of hydrogen-bond acceptors (Lipinski definition) is 5. The van der Waals surface area contributed by atoms with E-state index in [4.69, 9.17) is 4.52 Å². The minimum absolute atomic E-state index is 0.0373. The van der Waals surface area contributed by atoms with Gasteiger partial charge >= 0.3 is 0 Å². The largest absolute Gasteiger partial charge is 0.359 e. The topological polar surface area (TPSA) is 75.4 Å². The fourth-order valence-electron chi connectivity index (χ4n) is 4.21. The van der Waals surface area contributed by atoms with Crippen LogP contribution in [0.3, 0.4) is 0 Å². The second-order valence-corrected chi connectivity index (χ2v) is 9.41. The van der Waals surface area contributed by atoms with Crippen LogP contribution in [0.1, 0.15) is 48.0 Å². The number of benzene rings is 1. The van der Waals surface area contributed by atoms with Crippen molar-refractivity contribution < 1.29 is 14.1 Å². The zero-order valence-electron chi connectivity index (χ0n) is 18.1. The predicted octanol–water partition coefficient (Wildman–Crippen LogP) is 4.35. The van der Waals surface area contributed by atoms with Crippen LogP contribution in [-0.2, 0) is 11.2 Å². The van der Waals surface area contributed by atoms with Crippen LogP contribution in [0.4, 0.5) is 0 Å². The lowest BCUT2D eigenvalue weighted by Gasteiger charge is -2.27. The molecule has 1 fully saturated rings. The number of carbonyl (C=O) groups excluding carboxylic acids is 2. The van der Waals surface area contributed by atoms with E-state index < -0.39 is 5.41 Å². The zero-order valence-corrected chi connectivity index (χ0v) is 18.9. The van der Waals surface area contributed by atoms with Crippen molar-refractivity contribution >= 4 is 23.2 Å². The molecule has 1 saturated heterocycles. The molecule has 4 rings (SSSR count). The Morgan fingerprint density at radius 1 is 1.26 bits per heavy atom. The van der Waals surface area contributed by atoms with Crippen LogP contribution in [0.5, 0.6) is 0 Å². The molecule has 3 heterocycles. The Morgan fingerprint density at radius 2 is 2.10 bits per heavy atom. The minimum Gasteiger partial charge on any atom is -0.359 e. The van der Waals surface area contributed by atoms with Gasteiger partial charge in [0.2, 0.25) is 11.7 Å². The van der Waals surface area contributed by atoms with Crippen LogP contribution < -0.4 is 5.32 Å². The molecule has 162 valence electrons. The summed E-state index contributed by atoms with van der Waals surface area (Å²) in [5, 5.41) is 8.87. The van der Waals surface area contributed by atoms with E-state index in [2.05, 4.69) is 40.1 Å².